The van der Waals surface area contributed by atoms with Crippen LogP contribution in [0.1, 0.15) is 15.9 Å². The lowest BCUT2D eigenvalue weighted by molar-refractivity contribution is -0.141. The number of halogens is 5. The molecule has 182 valence electrons. The van der Waals surface area contributed by atoms with Crippen molar-refractivity contribution in [2.45, 2.75) is 19.2 Å². The van der Waals surface area contributed by atoms with Gasteiger partial charge in [0.2, 0.25) is 0 Å². The largest absolute Gasteiger partial charge is 0.464 e. The van der Waals surface area contributed by atoms with Gasteiger partial charge in [-0.2, -0.15) is 27.1 Å². The zero-order valence-electron chi connectivity index (χ0n) is 18.3. The minimum Gasteiger partial charge on any atom is -0.464 e. The molecule has 2 aromatic carbocycles. The molecule has 1 amide bonds. The molecule has 5 rings (SSSR count). The Labute approximate surface area is 195 Å². The molecular weight excluding hydrogens is 473 g/mol. The van der Waals surface area contributed by atoms with Gasteiger partial charge in [-0.15, -0.1) is 0 Å². The van der Waals surface area contributed by atoms with Gasteiger partial charge in [0.1, 0.15) is 17.9 Å². The molecule has 2 aromatic heterocycles. The first-order valence-electron chi connectivity index (χ1n) is 10.6. The lowest BCUT2D eigenvalue weighted by Crippen LogP contribution is -2.43. The molecule has 3 heterocycles. The van der Waals surface area contributed by atoms with Crippen LogP contribution in [0.5, 0.6) is 5.75 Å². The number of rotatable bonds is 5. The minimum atomic E-state index is -4.61. The molecule has 6 nitrogen and oxygen atoms in total. The molecule has 0 spiro atoms. The average molecular weight is 491 g/mol. The molecule has 11 heteroatoms. The van der Waals surface area contributed by atoms with Gasteiger partial charge in [-0.1, -0.05) is 6.07 Å². The van der Waals surface area contributed by atoms with Crippen LogP contribution in [0.15, 0.2) is 53.4 Å². The van der Waals surface area contributed by atoms with E-state index in [1.807, 2.05) is 24.4 Å². The number of aryl methyl sites for hydroxylation is 1. The van der Waals surface area contributed by atoms with Gasteiger partial charge in [0.25, 0.3) is 5.91 Å². The second-order valence-electron chi connectivity index (χ2n) is 8.24. The Morgan fingerprint density at radius 2 is 1.94 bits per heavy atom. The second kappa shape index (κ2) is 8.40. The van der Waals surface area contributed by atoms with E-state index in [4.69, 9.17) is 4.42 Å². The number of amides is 1. The van der Waals surface area contributed by atoms with Crippen molar-refractivity contribution >= 4 is 16.9 Å². The lowest BCUT2D eigenvalue weighted by Gasteiger charge is -2.30. The molecule has 0 fully saturated rings. The summed E-state index contributed by atoms with van der Waals surface area (Å²) >= 11 is 0. The number of carbonyl (C=O) groups excluding carboxylic acids is 1. The van der Waals surface area contributed by atoms with Gasteiger partial charge in [-0.3, -0.25) is 9.48 Å². The van der Waals surface area contributed by atoms with E-state index < -0.39 is 31.0 Å². The highest BCUT2D eigenvalue weighted by molar-refractivity contribution is 6.02. The van der Waals surface area contributed by atoms with Gasteiger partial charge in [0.05, 0.1) is 18.0 Å². The van der Waals surface area contributed by atoms with E-state index in [0.29, 0.717) is 32.6 Å². The maximum Gasteiger partial charge on any atom is 0.406 e. The quantitative estimate of drug-likeness (QED) is 0.338. The first kappa shape index (κ1) is 22.9. The highest BCUT2D eigenvalue weighted by Crippen LogP contribution is 2.39. The van der Waals surface area contributed by atoms with Crippen molar-refractivity contribution in [3.05, 3.63) is 60.1 Å². The molecule has 4 aromatic rings. The smallest absolute Gasteiger partial charge is 0.406 e. The van der Waals surface area contributed by atoms with Crippen LogP contribution in [0.3, 0.4) is 0 Å². The summed E-state index contributed by atoms with van der Waals surface area (Å²) in [5.41, 5.74) is 3.38. The third-order valence-corrected chi connectivity index (χ3v) is 5.85. The van der Waals surface area contributed by atoms with Gasteiger partial charge in [0.15, 0.2) is 0 Å². The van der Waals surface area contributed by atoms with Crippen LogP contribution in [0, 0.1) is 0 Å². The first-order valence-corrected chi connectivity index (χ1v) is 10.6. The standard InChI is InChI=1S/C24H18F5N3O3/c1-31-10-16(9-30-31)13-2-3-17-18(11-34-19(17)7-13)15-6-14-4-5-32(12-24(27,28)29)22(33)21(14)20(8-15)35-23(25)26/h2-3,6-11,23H,4-5,12H2,1H3. The van der Waals surface area contributed by atoms with Crippen LogP contribution in [-0.4, -0.2) is 46.5 Å². The number of nitrogens with zero attached hydrogens (tertiary/aromatic N) is 3. The zero-order chi connectivity index (χ0) is 24.9. The van der Waals surface area contributed by atoms with Gasteiger partial charge in [-0.05, 0) is 47.4 Å². The SMILES string of the molecule is Cn1cc(-c2ccc3c(-c4cc5c(c(OC(F)F)c4)C(=O)N(CC(F)(F)F)CC5)coc3c2)cn1. The van der Waals surface area contributed by atoms with Crippen LogP contribution in [0.25, 0.3) is 33.2 Å². The van der Waals surface area contributed by atoms with E-state index in [1.165, 1.54) is 12.3 Å². The maximum atomic E-state index is 13.2. The molecule has 35 heavy (non-hydrogen) atoms. The summed E-state index contributed by atoms with van der Waals surface area (Å²) in [6.07, 6.45) is 0.474. The number of aromatic nitrogens is 2. The van der Waals surface area contributed by atoms with E-state index in [0.717, 1.165) is 11.1 Å². The molecule has 1 aliphatic rings. The fourth-order valence-corrected chi connectivity index (χ4v) is 4.34. The number of hydrogen-bond acceptors (Lipinski definition) is 4. The van der Waals surface area contributed by atoms with Crippen molar-refractivity contribution in [3.63, 3.8) is 0 Å². The molecule has 1 aliphatic heterocycles. The highest BCUT2D eigenvalue weighted by atomic mass is 19.4. The van der Waals surface area contributed by atoms with Crippen molar-refractivity contribution in [1.29, 1.82) is 0 Å². The Hall–Kier alpha value is -3.89. The van der Waals surface area contributed by atoms with Crippen LogP contribution in [0.2, 0.25) is 0 Å². The Morgan fingerprint density at radius 1 is 1.14 bits per heavy atom. The number of hydrogen-bond donors (Lipinski definition) is 0. The van der Waals surface area contributed by atoms with Gasteiger partial charge < -0.3 is 14.1 Å². The maximum absolute atomic E-state index is 13.2. The van der Waals surface area contributed by atoms with Crippen LogP contribution in [-0.2, 0) is 13.5 Å². The molecule has 0 atom stereocenters. The predicted octanol–water partition coefficient (Wildman–Crippen LogP) is 5.66. The molecule has 0 unspecified atom stereocenters. The third-order valence-electron chi connectivity index (χ3n) is 5.85. The molecule has 0 saturated carbocycles. The van der Waals surface area contributed by atoms with Crippen molar-refractivity contribution in [2.75, 3.05) is 13.1 Å². The first-order chi connectivity index (χ1) is 16.6. The summed E-state index contributed by atoms with van der Waals surface area (Å²) in [4.78, 5) is 13.3. The van der Waals surface area contributed by atoms with Gasteiger partial charge in [0, 0.05) is 36.3 Å². The summed E-state index contributed by atoms with van der Waals surface area (Å²) in [5.74, 6) is -1.46. The Balaban J connectivity index is 1.56. The normalized spacial score (nSPS) is 14.1. The number of furan rings is 1. The van der Waals surface area contributed by atoms with E-state index in [9.17, 15) is 26.7 Å². The Bertz CT molecular complexity index is 1420. The topological polar surface area (TPSA) is 60.5 Å². The third kappa shape index (κ3) is 4.45. The van der Waals surface area contributed by atoms with Crippen LogP contribution >= 0.6 is 0 Å². The predicted molar refractivity (Wildman–Crippen MR) is 116 cm³/mol. The second-order valence-corrected chi connectivity index (χ2v) is 8.24. The highest BCUT2D eigenvalue weighted by Gasteiger charge is 2.37. The fourth-order valence-electron chi connectivity index (χ4n) is 4.34. The minimum absolute atomic E-state index is 0.0610. The summed E-state index contributed by atoms with van der Waals surface area (Å²) < 4.78 is 76.9. The Morgan fingerprint density at radius 3 is 2.63 bits per heavy atom. The molecule has 0 aliphatic carbocycles. The summed E-state index contributed by atoms with van der Waals surface area (Å²) in [6, 6.07) is 8.35. The summed E-state index contributed by atoms with van der Waals surface area (Å²) in [7, 11) is 1.80. The zero-order valence-corrected chi connectivity index (χ0v) is 18.3. The summed E-state index contributed by atoms with van der Waals surface area (Å²) in [6.45, 7) is -4.92. The van der Waals surface area contributed by atoms with Crippen molar-refractivity contribution in [3.8, 4) is 28.0 Å². The van der Waals surface area contributed by atoms with Crippen LogP contribution in [0.4, 0.5) is 22.0 Å². The van der Waals surface area contributed by atoms with E-state index in [1.54, 1.807) is 24.0 Å². The van der Waals surface area contributed by atoms with Gasteiger partial charge >= 0.3 is 12.8 Å². The molecule has 0 radical (unpaired) electrons. The molecule has 0 saturated heterocycles. The molecular formula is C24H18F5N3O3. The lowest BCUT2D eigenvalue weighted by atomic mass is 9.92. The Kier molecular flexibility index (Phi) is 5.49. The van der Waals surface area contributed by atoms with E-state index in [2.05, 4.69) is 9.84 Å². The number of carbonyl (C=O) groups is 1. The van der Waals surface area contributed by atoms with Crippen molar-refractivity contribution < 1.29 is 35.9 Å². The van der Waals surface area contributed by atoms with E-state index >= 15 is 0 Å². The van der Waals surface area contributed by atoms with Gasteiger partial charge in [-0.25, -0.2) is 0 Å². The molecule has 0 bridgehead atoms. The molecule has 0 N–H and O–H groups in total. The number of fused-ring (bicyclic) bond motifs is 2. The number of ether oxygens (including phenoxy) is 1. The van der Waals surface area contributed by atoms with Crippen molar-refractivity contribution in [1.82, 2.24) is 14.7 Å². The van der Waals surface area contributed by atoms with Crippen molar-refractivity contribution in [2.24, 2.45) is 7.05 Å². The number of alkyl halides is 5. The van der Waals surface area contributed by atoms with E-state index in [-0.39, 0.29) is 18.5 Å². The average Bonchev–Trinajstić information content (AvgIpc) is 3.40. The monoisotopic (exact) mass is 491 g/mol. The van der Waals surface area contributed by atoms with Crippen LogP contribution < -0.4 is 4.74 Å². The number of benzene rings is 2. The summed E-state index contributed by atoms with van der Waals surface area (Å²) in [5, 5.41) is 4.84. The fraction of sp³-hybridized carbons (Fsp3) is 0.250.